The molecule has 0 saturated carbocycles. The first-order valence-electron chi connectivity index (χ1n) is 5.77. The largest absolute Gasteiger partial charge is 0.504 e. The quantitative estimate of drug-likeness (QED) is 0.728. The Morgan fingerprint density at radius 1 is 1.06 bits per heavy atom. The number of fused-ring (bicyclic) bond motifs is 2. The maximum absolute atomic E-state index is 10.1. The van der Waals surface area contributed by atoms with Crippen molar-refractivity contribution in [3.8, 4) is 5.75 Å². The highest BCUT2D eigenvalue weighted by molar-refractivity contribution is 6.04. The summed E-state index contributed by atoms with van der Waals surface area (Å²) in [4.78, 5) is 0. The molecule has 0 aliphatic heterocycles. The molecule has 2 heterocycles. The van der Waals surface area contributed by atoms with Crippen LogP contribution in [0.2, 0.25) is 0 Å². The molecule has 3 aromatic rings. The van der Waals surface area contributed by atoms with Crippen LogP contribution in [0.25, 0.3) is 21.9 Å². The second-order valence-corrected chi connectivity index (χ2v) is 5.09. The van der Waals surface area contributed by atoms with E-state index < -0.39 is 5.41 Å². The van der Waals surface area contributed by atoms with E-state index in [2.05, 4.69) is 0 Å². The fraction of sp³-hybridized carbons (Fsp3) is 0.286. The lowest BCUT2D eigenvalue weighted by Crippen LogP contribution is -2.22. The third-order valence-electron chi connectivity index (χ3n) is 3.37. The number of phenolic OH excluding ortho intramolecular Hbond substituents is 1. The monoisotopic (exact) mass is 246 g/mol. The molecule has 0 saturated heterocycles. The van der Waals surface area contributed by atoms with Gasteiger partial charge in [0.25, 0.3) is 0 Å². The van der Waals surface area contributed by atoms with Gasteiger partial charge in [0.15, 0.2) is 11.3 Å². The molecule has 0 aliphatic carbocycles. The molecule has 18 heavy (non-hydrogen) atoms. The maximum Gasteiger partial charge on any atom is 0.176 e. The van der Waals surface area contributed by atoms with Crippen LogP contribution in [0, 0.1) is 0 Å². The Morgan fingerprint density at radius 3 is 2.33 bits per heavy atom. The van der Waals surface area contributed by atoms with Crippen molar-refractivity contribution < 1.29 is 19.0 Å². The fourth-order valence-electron chi connectivity index (χ4n) is 2.37. The number of hydrogen-bond donors (Lipinski definition) is 2. The Hall–Kier alpha value is -1.94. The van der Waals surface area contributed by atoms with Gasteiger partial charge in [-0.3, -0.25) is 0 Å². The molecule has 0 fully saturated rings. The van der Waals surface area contributed by atoms with Crippen molar-refractivity contribution in [2.45, 2.75) is 19.3 Å². The van der Waals surface area contributed by atoms with Crippen LogP contribution in [0.4, 0.5) is 0 Å². The summed E-state index contributed by atoms with van der Waals surface area (Å²) in [6.45, 7) is 3.83. The molecule has 0 amide bonds. The topological polar surface area (TPSA) is 66.7 Å². The lowest BCUT2D eigenvalue weighted by molar-refractivity contribution is 0.219. The number of aliphatic hydroxyl groups is 1. The van der Waals surface area contributed by atoms with Crippen molar-refractivity contribution in [2.24, 2.45) is 0 Å². The molecule has 0 spiro atoms. The van der Waals surface area contributed by atoms with E-state index in [1.54, 1.807) is 12.1 Å². The standard InChI is InChI=1S/C14H14O4/c1-14(2,7-15)10-8-3-5-18-13(8)11(16)9-4-6-17-12(9)10/h3-6,15-16H,7H2,1-2H3. The first-order valence-corrected chi connectivity index (χ1v) is 5.77. The predicted molar refractivity (Wildman–Crippen MR) is 67.8 cm³/mol. The van der Waals surface area contributed by atoms with Crippen LogP contribution in [-0.4, -0.2) is 16.8 Å². The van der Waals surface area contributed by atoms with E-state index >= 15 is 0 Å². The Balaban J connectivity index is 2.56. The van der Waals surface area contributed by atoms with Gasteiger partial charge in [0.2, 0.25) is 0 Å². The van der Waals surface area contributed by atoms with Gasteiger partial charge in [-0.05, 0) is 12.1 Å². The van der Waals surface area contributed by atoms with E-state index in [1.165, 1.54) is 12.5 Å². The summed E-state index contributed by atoms with van der Waals surface area (Å²) in [6.07, 6.45) is 3.06. The zero-order chi connectivity index (χ0) is 12.9. The van der Waals surface area contributed by atoms with Gasteiger partial charge in [0.1, 0.15) is 5.58 Å². The minimum Gasteiger partial charge on any atom is -0.504 e. The van der Waals surface area contributed by atoms with Crippen LogP contribution in [0.3, 0.4) is 0 Å². The fourth-order valence-corrected chi connectivity index (χ4v) is 2.37. The van der Waals surface area contributed by atoms with Gasteiger partial charge < -0.3 is 19.0 Å². The molecular formula is C14H14O4. The summed E-state index contributed by atoms with van der Waals surface area (Å²) in [7, 11) is 0. The van der Waals surface area contributed by atoms with Gasteiger partial charge in [-0.15, -0.1) is 0 Å². The number of benzene rings is 1. The number of aliphatic hydroxyl groups excluding tert-OH is 1. The molecule has 0 aliphatic rings. The molecule has 4 nitrogen and oxygen atoms in total. The van der Waals surface area contributed by atoms with Crippen LogP contribution in [-0.2, 0) is 5.41 Å². The lowest BCUT2D eigenvalue weighted by atomic mass is 9.82. The number of hydrogen-bond acceptors (Lipinski definition) is 4. The average Bonchev–Trinajstić information content (AvgIpc) is 2.97. The van der Waals surface area contributed by atoms with Gasteiger partial charge in [0.05, 0.1) is 24.5 Å². The molecule has 3 rings (SSSR count). The maximum atomic E-state index is 10.1. The number of phenols is 1. The Labute approximate surface area is 103 Å². The average molecular weight is 246 g/mol. The molecule has 0 radical (unpaired) electrons. The summed E-state index contributed by atoms with van der Waals surface area (Å²) in [5, 5.41) is 21.1. The van der Waals surface area contributed by atoms with Crippen LogP contribution < -0.4 is 0 Å². The van der Waals surface area contributed by atoms with E-state index in [9.17, 15) is 10.2 Å². The zero-order valence-corrected chi connectivity index (χ0v) is 10.2. The number of rotatable bonds is 2. The Morgan fingerprint density at radius 2 is 1.67 bits per heavy atom. The predicted octanol–water partition coefficient (Wildman–Crippen LogP) is 3.15. The molecule has 0 bridgehead atoms. The highest BCUT2D eigenvalue weighted by Gasteiger charge is 2.29. The summed E-state index contributed by atoms with van der Waals surface area (Å²) in [5.41, 5.74) is 1.40. The summed E-state index contributed by atoms with van der Waals surface area (Å²) < 4.78 is 10.8. The molecule has 94 valence electrons. The van der Waals surface area contributed by atoms with Crippen molar-refractivity contribution in [3.63, 3.8) is 0 Å². The van der Waals surface area contributed by atoms with Crippen LogP contribution in [0.5, 0.6) is 5.75 Å². The van der Waals surface area contributed by atoms with Crippen molar-refractivity contribution >= 4 is 21.9 Å². The van der Waals surface area contributed by atoms with Gasteiger partial charge in [0, 0.05) is 16.4 Å². The normalized spacial score (nSPS) is 12.6. The third kappa shape index (κ3) is 1.29. The number of furan rings is 2. The second kappa shape index (κ2) is 3.53. The van der Waals surface area contributed by atoms with E-state index in [1.807, 2.05) is 13.8 Å². The Kier molecular flexibility index (Phi) is 2.19. The molecule has 0 atom stereocenters. The van der Waals surface area contributed by atoms with Crippen molar-refractivity contribution in [2.75, 3.05) is 6.61 Å². The molecule has 2 aromatic heterocycles. The number of aromatic hydroxyl groups is 1. The smallest absolute Gasteiger partial charge is 0.176 e. The summed E-state index contributed by atoms with van der Waals surface area (Å²) in [5.74, 6) is 0.0799. The third-order valence-corrected chi connectivity index (χ3v) is 3.37. The van der Waals surface area contributed by atoms with E-state index in [4.69, 9.17) is 8.83 Å². The highest BCUT2D eigenvalue weighted by Crippen LogP contribution is 2.43. The van der Waals surface area contributed by atoms with Gasteiger partial charge in [-0.1, -0.05) is 13.8 Å². The summed E-state index contributed by atoms with van der Waals surface area (Å²) in [6, 6.07) is 3.48. The van der Waals surface area contributed by atoms with Gasteiger partial charge >= 0.3 is 0 Å². The Bertz CT molecular complexity index is 666. The first kappa shape index (κ1) is 11.2. The minimum absolute atomic E-state index is 0.0200. The van der Waals surface area contributed by atoms with Crippen molar-refractivity contribution in [3.05, 3.63) is 30.2 Å². The van der Waals surface area contributed by atoms with Crippen LogP contribution >= 0.6 is 0 Å². The van der Waals surface area contributed by atoms with Gasteiger partial charge in [-0.2, -0.15) is 0 Å². The zero-order valence-electron chi connectivity index (χ0n) is 10.2. The molecule has 2 N–H and O–H groups in total. The summed E-state index contributed by atoms with van der Waals surface area (Å²) >= 11 is 0. The van der Waals surface area contributed by atoms with E-state index in [-0.39, 0.29) is 12.4 Å². The van der Waals surface area contributed by atoms with Crippen LogP contribution in [0.15, 0.2) is 33.5 Å². The van der Waals surface area contributed by atoms with Crippen molar-refractivity contribution in [1.29, 1.82) is 0 Å². The molecular weight excluding hydrogens is 232 g/mol. The molecule has 4 heteroatoms. The highest BCUT2D eigenvalue weighted by atomic mass is 16.4. The lowest BCUT2D eigenvalue weighted by Gasteiger charge is -2.23. The first-order chi connectivity index (χ1) is 8.56. The molecule has 1 aromatic carbocycles. The minimum atomic E-state index is -0.480. The van der Waals surface area contributed by atoms with E-state index in [0.29, 0.717) is 16.6 Å². The van der Waals surface area contributed by atoms with Crippen LogP contribution in [0.1, 0.15) is 19.4 Å². The SMILES string of the molecule is CC(C)(CO)c1c2ccoc2c(O)c2ccoc12. The van der Waals surface area contributed by atoms with E-state index in [0.717, 1.165) is 10.9 Å². The molecule has 0 unspecified atom stereocenters. The van der Waals surface area contributed by atoms with Gasteiger partial charge in [-0.25, -0.2) is 0 Å². The van der Waals surface area contributed by atoms with Crippen molar-refractivity contribution in [1.82, 2.24) is 0 Å². The second-order valence-electron chi connectivity index (χ2n) is 5.09.